The number of rotatable bonds is 1. The van der Waals surface area contributed by atoms with Crippen LogP contribution in [-0.4, -0.2) is 9.78 Å². The van der Waals surface area contributed by atoms with E-state index in [9.17, 15) is 4.79 Å². The van der Waals surface area contributed by atoms with E-state index in [-0.39, 0.29) is 5.56 Å². The Morgan fingerprint density at radius 3 is 2.44 bits per heavy atom. The molecule has 2 aromatic rings. The van der Waals surface area contributed by atoms with E-state index in [1.165, 1.54) is 21.9 Å². The number of aromatic nitrogens is 2. The van der Waals surface area contributed by atoms with Crippen molar-refractivity contribution in [2.24, 2.45) is 7.05 Å². The van der Waals surface area contributed by atoms with Gasteiger partial charge in [-0.2, -0.15) is 5.10 Å². The molecule has 0 spiro atoms. The lowest BCUT2D eigenvalue weighted by atomic mass is 10.0. The summed E-state index contributed by atoms with van der Waals surface area (Å²) in [5.74, 6) is 0. The summed E-state index contributed by atoms with van der Waals surface area (Å²) in [5.41, 5.74) is 4.26. The van der Waals surface area contributed by atoms with E-state index in [1.807, 2.05) is 6.07 Å². The number of hydrogen-bond acceptors (Lipinski definition) is 2. The number of aryl methyl sites for hydroxylation is 3. The smallest absolute Gasteiger partial charge is 0.266 e. The van der Waals surface area contributed by atoms with Gasteiger partial charge in [0, 0.05) is 18.7 Å². The Bertz CT molecular complexity index is 585. The molecule has 0 amide bonds. The first-order valence-corrected chi connectivity index (χ1v) is 5.20. The number of nitrogens with zero attached hydrogens (tertiary/aromatic N) is 2. The Morgan fingerprint density at radius 2 is 1.81 bits per heavy atom. The van der Waals surface area contributed by atoms with E-state index >= 15 is 0 Å². The molecule has 2 rings (SSSR count). The molecule has 3 heteroatoms. The van der Waals surface area contributed by atoms with Gasteiger partial charge in [-0.05, 0) is 37.1 Å². The molecule has 0 aliphatic heterocycles. The summed E-state index contributed by atoms with van der Waals surface area (Å²) < 4.78 is 1.35. The van der Waals surface area contributed by atoms with Crippen molar-refractivity contribution in [2.45, 2.75) is 13.8 Å². The second-order valence-electron chi connectivity index (χ2n) is 3.98. The van der Waals surface area contributed by atoms with E-state index in [0.717, 1.165) is 11.3 Å². The lowest BCUT2D eigenvalue weighted by molar-refractivity contribution is 0.712. The molecule has 0 fully saturated rings. The maximum Gasteiger partial charge on any atom is 0.266 e. The van der Waals surface area contributed by atoms with Gasteiger partial charge in [0.25, 0.3) is 5.56 Å². The molecule has 82 valence electrons. The van der Waals surface area contributed by atoms with E-state index in [0.29, 0.717) is 0 Å². The minimum atomic E-state index is -0.0902. The first kappa shape index (κ1) is 10.6. The van der Waals surface area contributed by atoms with E-state index < -0.39 is 0 Å². The van der Waals surface area contributed by atoms with Crippen molar-refractivity contribution >= 4 is 0 Å². The average Bonchev–Trinajstić information content (AvgIpc) is 2.26. The van der Waals surface area contributed by atoms with Crippen molar-refractivity contribution in [2.75, 3.05) is 0 Å². The zero-order chi connectivity index (χ0) is 11.7. The van der Waals surface area contributed by atoms with E-state index in [1.54, 1.807) is 13.1 Å². The largest absolute Gasteiger partial charge is 0.268 e. The SMILES string of the molecule is Cc1ccc(-c2ccc(=O)n(C)n2)cc1C. The molecular weight excluding hydrogens is 200 g/mol. The second kappa shape index (κ2) is 3.93. The molecule has 3 nitrogen and oxygen atoms in total. The van der Waals surface area contributed by atoms with Gasteiger partial charge in [-0.3, -0.25) is 4.79 Å². The highest BCUT2D eigenvalue weighted by Crippen LogP contribution is 2.18. The van der Waals surface area contributed by atoms with Gasteiger partial charge in [-0.15, -0.1) is 0 Å². The van der Waals surface area contributed by atoms with Crippen LogP contribution in [0.3, 0.4) is 0 Å². The molecule has 0 N–H and O–H groups in total. The fourth-order valence-electron chi connectivity index (χ4n) is 1.56. The molecule has 0 saturated heterocycles. The van der Waals surface area contributed by atoms with Crippen molar-refractivity contribution in [3.8, 4) is 11.3 Å². The van der Waals surface area contributed by atoms with Gasteiger partial charge in [-0.25, -0.2) is 4.68 Å². The minimum absolute atomic E-state index is 0.0902. The molecule has 0 aliphatic rings. The van der Waals surface area contributed by atoms with Crippen LogP contribution in [0, 0.1) is 13.8 Å². The molecule has 1 aromatic heterocycles. The van der Waals surface area contributed by atoms with Gasteiger partial charge in [0.2, 0.25) is 0 Å². The van der Waals surface area contributed by atoms with Gasteiger partial charge >= 0.3 is 0 Å². The average molecular weight is 214 g/mol. The lowest BCUT2D eigenvalue weighted by Crippen LogP contribution is -2.18. The van der Waals surface area contributed by atoms with Crippen molar-refractivity contribution in [1.29, 1.82) is 0 Å². The Kier molecular flexibility index (Phi) is 2.60. The zero-order valence-electron chi connectivity index (χ0n) is 9.69. The van der Waals surface area contributed by atoms with Crippen molar-refractivity contribution < 1.29 is 0 Å². The van der Waals surface area contributed by atoms with E-state index in [4.69, 9.17) is 0 Å². The predicted molar refractivity (Wildman–Crippen MR) is 64.4 cm³/mol. The summed E-state index contributed by atoms with van der Waals surface area (Å²) in [5, 5.41) is 4.22. The van der Waals surface area contributed by atoms with Gasteiger partial charge in [-0.1, -0.05) is 12.1 Å². The normalized spacial score (nSPS) is 10.4. The lowest BCUT2D eigenvalue weighted by Gasteiger charge is -2.05. The summed E-state index contributed by atoms with van der Waals surface area (Å²) in [6.45, 7) is 4.15. The third kappa shape index (κ3) is 1.89. The summed E-state index contributed by atoms with van der Waals surface area (Å²) >= 11 is 0. The van der Waals surface area contributed by atoms with Crippen LogP contribution in [-0.2, 0) is 7.05 Å². The van der Waals surface area contributed by atoms with Gasteiger partial charge < -0.3 is 0 Å². The summed E-state index contributed by atoms with van der Waals surface area (Å²) in [4.78, 5) is 11.2. The molecule has 0 radical (unpaired) electrons. The van der Waals surface area contributed by atoms with Crippen molar-refractivity contribution in [3.05, 3.63) is 51.8 Å². The fraction of sp³-hybridized carbons (Fsp3) is 0.231. The van der Waals surface area contributed by atoms with Crippen LogP contribution in [0.25, 0.3) is 11.3 Å². The van der Waals surface area contributed by atoms with Gasteiger partial charge in [0.1, 0.15) is 0 Å². The zero-order valence-corrected chi connectivity index (χ0v) is 9.69. The Morgan fingerprint density at radius 1 is 1.06 bits per heavy atom. The molecule has 1 heterocycles. The summed E-state index contributed by atoms with van der Waals surface area (Å²) in [6.07, 6.45) is 0. The van der Waals surface area contributed by atoms with Crippen LogP contribution in [0.2, 0.25) is 0 Å². The molecule has 0 unspecified atom stereocenters. The molecule has 0 saturated carbocycles. The first-order chi connectivity index (χ1) is 7.58. The second-order valence-corrected chi connectivity index (χ2v) is 3.98. The third-order valence-electron chi connectivity index (χ3n) is 2.76. The Hall–Kier alpha value is -1.90. The standard InChI is InChI=1S/C13H14N2O/c1-9-4-5-11(8-10(9)2)12-6-7-13(16)15(3)14-12/h4-8H,1-3H3. The monoisotopic (exact) mass is 214 g/mol. The van der Waals surface area contributed by atoms with Crippen LogP contribution in [0.5, 0.6) is 0 Å². The maximum absolute atomic E-state index is 11.2. The van der Waals surface area contributed by atoms with Crippen LogP contribution in [0.15, 0.2) is 35.1 Å². The highest BCUT2D eigenvalue weighted by molar-refractivity contribution is 5.60. The van der Waals surface area contributed by atoms with Crippen LogP contribution < -0.4 is 5.56 Å². The Labute approximate surface area is 94.4 Å². The molecular formula is C13H14N2O. The molecule has 16 heavy (non-hydrogen) atoms. The third-order valence-corrected chi connectivity index (χ3v) is 2.76. The predicted octanol–water partition coefficient (Wildman–Crippen LogP) is 2.06. The fourth-order valence-corrected chi connectivity index (χ4v) is 1.56. The molecule has 0 aliphatic carbocycles. The molecule has 0 bridgehead atoms. The highest BCUT2D eigenvalue weighted by atomic mass is 16.1. The first-order valence-electron chi connectivity index (χ1n) is 5.20. The topological polar surface area (TPSA) is 34.9 Å². The number of hydrogen-bond donors (Lipinski definition) is 0. The van der Waals surface area contributed by atoms with Gasteiger partial charge in [0.15, 0.2) is 0 Å². The maximum atomic E-state index is 11.2. The molecule has 0 atom stereocenters. The summed E-state index contributed by atoms with van der Waals surface area (Å²) in [6, 6.07) is 9.47. The van der Waals surface area contributed by atoms with Crippen molar-refractivity contribution in [1.82, 2.24) is 9.78 Å². The van der Waals surface area contributed by atoms with Crippen LogP contribution in [0.1, 0.15) is 11.1 Å². The number of benzene rings is 1. The van der Waals surface area contributed by atoms with Crippen LogP contribution in [0.4, 0.5) is 0 Å². The van der Waals surface area contributed by atoms with Crippen molar-refractivity contribution in [3.63, 3.8) is 0 Å². The highest BCUT2D eigenvalue weighted by Gasteiger charge is 2.02. The Balaban J connectivity index is 2.54. The van der Waals surface area contributed by atoms with Crippen LogP contribution >= 0.6 is 0 Å². The quantitative estimate of drug-likeness (QED) is 0.728. The molecule has 1 aromatic carbocycles. The summed E-state index contributed by atoms with van der Waals surface area (Å²) in [7, 11) is 1.66. The van der Waals surface area contributed by atoms with E-state index in [2.05, 4.69) is 31.1 Å². The minimum Gasteiger partial charge on any atom is -0.268 e. The van der Waals surface area contributed by atoms with Gasteiger partial charge in [0.05, 0.1) is 5.69 Å².